The standard InChI is InChI=1S/C9H8ClN3O/c1-5-3-6-7(8(10)12-5)9(14)13(2)4-11-6/h3-4H,1-2H3. The molecule has 0 atom stereocenters. The number of hydrogen-bond acceptors (Lipinski definition) is 3. The molecule has 2 heterocycles. The van der Waals surface area contributed by atoms with Gasteiger partial charge in [-0.3, -0.25) is 4.79 Å². The summed E-state index contributed by atoms with van der Waals surface area (Å²) in [6.07, 6.45) is 1.47. The first-order valence-electron chi connectivity index (χ1n) is 4.08. The number of pyridine rings is 1. The van der Waals surface area contributed by atoms with Crippen LogP contribution < -0.4 is 5.56 Å². The van der Waals surface area contributed by atoms with E-state index in [4.69, 9.17) is 11.6 Å². The molecule has 0 radical (unpaired) electrons. The largest absolute Gasteiger partial charge is 0.302 e. The molecule has 2 rings (SSSR count). The molecular weight excluding hydrogens is 202 g/mol. The molecular formula is C9H8ClN3O. The molecule has 72 valence electrons. The molecule has 4 nitrogen and oxygen atoms in total. The van der Waals surface area contributed by atoms with E-state index in [9.17, 15) is 4.79 Å². The summed E-state index contributed by atoms with van der Waals surface area (Å²) in [5.74, 6) is 0. The molecule has 0 aliphatic heterocycles. The van der Waals surface area contributed by atoms with Crippen molar-refractivity contribution in [1.29, 1.82) is 0 Å². The molecule has 0 unspecified atom stereocenters. The Balaban J connectivity index is 3.03. The molecule has 0 aliphatic carbocycles. The highest BCUT2D eigenvalue weighted by Crippen LogP contribution is 2.16. The van der Waals surface area contributed by atoms with Crippen LogP contribution in [0.2, 0.25) is 5.15 Å². The zero-order valence-corrected chi connectivity index (χ0v) is 8.54. The maximum absolute atomic E-state index is 11.7. The van der Waals surface area contributed by atoms with Crippen molar-refractivity contribution in [2.75, 3.05) is 0 Å². The predicted molar refractivity (Wildman–Crippen MR) is 54.5 cm³/mol. The van der Waals surface area contributed by atoms with Crippen LogP contribution >= 0.6 is 11.6 Å². The minimum atomic E-state index is -0.174. The smallest absolute Gasteiger partial charge is 0.264 e. The lowest BCUT2D eigenvalue weighted by molar-refractivity contribution is 0.841. The molecule has 0 bridgehead atoms. The summed E-state index contributed by atoms with van der Waals surface area (Å²) in [6, 6.07) is 1.74. The van der Waals surface area contributed by atoms with Crippen LogP contribution in [0.15, 0.2) is 17.2 Å². The summed E-state index contributed by atoms with van der Waals surface area (Å²) < 4.78 is 1.38. The van der Waals surface area contributed by atoms with Gasteiger partial charge in [0.25, 0.3) is 5.56 Å². The molecule has 0 spiro atoms. The minimum Gasteiger partial charge on any atom is -0.302 e. The third-order valence-corrected chi connectivity index (χ3v) is 2.26. The lowest BCUT2D eigenvalue weighted by atomic mass is 10.3. The molecule has 0 amide bonds. The van der Waals surface area contributed by atoms with Gasteiger partial charge in [-0.05, 0) is 13.0 Å². The van der Waals surface area contributed by atoms with Crippen LogP contribution in [0.25, 0.3) is 10.9 Å². The number of aromatic nitrogens is 3. The van der Waals surface area contributed by atoms with Crippen LogP contribution in [0.1, 0.15) is 5.69 Å². The first-order valence-corrected chi connectivity index (χ1v) is 4.46. The average Bonchev–Trinajstić information content (AvgIpc) is 2.10. The van der Waals surface area contributed by atoms with Crippen molar-refractivity contribution in [3.05, 3.63) is 33.6 Å². The van der Waals surface area contributed by atoms with Gasteiger partial charge in [-0.25, -0.2) is 9.97 Å². The number of halogens is 1. The SMILES string of the molecule is Cc1cc2ncn(C)c(=O)c2c(Cl)n1. The van der Waals surface area contributed by atoms with Crippen molar-refractivity contribution in [2.24, 2.45) is 7.05 Å². The first kappa shape index (κ1) is 9.15. The van der Waals surface area contributed by atoms with Crippen molar-refractivity contribution in [2.45, 2.75) is 6.92 Å². The Hall–Kier alpha value is -1.42. The van der Waals surface area contributed by atoms with Gasteiger partial charge in [0.15, 0.2) is 0 Å². The maximum Gasteiger partial charge on any atom is 0.264 e. The normalized spacial score (nSPS) is 10.8. The van der Waals surface area contributed by atoms with E-state index in [1.165, 1.54) is 10.9 Å². The molecule has 0 saturated carbocycles. The van der Waals surface area contributed by atoms with Crippen molar-refractivity contribution >= 4 is 22.5 Å². The van der Waals surface area contributed by atoms with Gasteiger partial charge in [-0.15, -0.1) is 0 Å². The highest BCUT2D eigenvalue weighted by atomic mass is 35.5. The van der Waals surface area contributed by atoms with Gasteiger partial charge in [0.1, 0.15) is 10.5 Å². The Morgan fingerprint density at radius 3 is 2.93 bits per heavy atom. The second-order valence-corrected chi connectivity index (χ2v) is 3.47. The second kappa shape index (κ2) is 3.06. The minimum absolute atomic E-state index is 0.174. The van der Waals surface area contributed by atoms with Crippen molar-refractivity contribution in [3.8, 4) is 0 Å². The van der Waals surface area contributed by atoms with Gasteiger partial charge in [-0.2, -0.15) is 0 Å². The molecule has 0 fully saturated rings. The molecule has 5 heteroatoms. The van der Waals surface area contributed by atoms with E-state index in [0.29, 0.717) is 10.9 Å². The zero-order chi connectivity index (χ0) is 10.3. The second-order valence-electron chi connectivity index (χ2n) is 3.11. The van der Waals surface area contributed by atoms with Crippen LogP contribution in [-0.4, -0.2) is 14.5 Å². The summed E-state index contributed by atoms with van der Waals surface area (Å²) in [5, 5.41) is 0.593. The highest BCUT2D eigenvalue weighted by molar-refractivity contribution is 6.34. The first-order chi connectivity index (χ1) is 6.59. The fraction of sp³-hybridized carbons (Fsp3) is 0.222. The number of fused-ring (bicyclic) bond motifs is 1. The Morgan fingerprint density at radius 2 is 2.21 bits per heavy atom. The fourth-order valence-electron chi connectivity index (χ4n) is 1.30. The Labute approximate surface area is 85.2 Å². The van der Waals surface area contributed by atoms with Gasteiger partial charge in [0, 0.05) is 12.7 Å². The van der Waals surface area contributed by atoms with Gasteiger partial charge >= 0.3 is 0 Å². The van der Waals surface area contributed by atoms with Crippen LogP contribution in [0.3, 0.4) is 0 Å². The predicted octanol–water partition coefficient (Wildman–Crippen LogP) is 1.29. The van der Waals surface area contributed by atoms with Gasteiger partial charge < -0.3 is 4.57 Å². The number of rotatable bonds is 0. The summed E-state index contributed by atoms with van der Waals surface area (Å²) in [4.78, 5) is 19.8. The van der Waals surface area contributed by atoms with Crippen molar-refractivity contribution < 1.29 is 0 Å². The highest BCUT2D eigenvalue weighted by Gasteiger charge is 2.07. The fourth-order valence-corrected chi connectivity index (χ4v) is 1.61. The van der Waals surface area contributed by atoms with Crippen LogP contribution in [-0.2, 0) is 7.05 Å². The monoisotopic (exact) mass is 209 g/mol. The van der Waals surface area contributed by atoms with Crippen molar-refractivity contribution in [3.63, 3.8) is 0 Å². The quantitative estimate of drug-likeness (QED) is 0.615. The zero-order valence-electron chi connectivity index (χ0n) is 7.78. The van der Waals surface area contributed by atoms with Crippen LogP contribution in [0, 0.1) is 6.92 Å². The maximum atomic E-state index is 11.7. The third kappa shape index (κ3) is 1.28. The van der Waals surface area contributed by atoms with Crippen LogP contribution in [0.5, 0.6) is 0 Å². The summed E-state index contributed by atoms with van der Waals surface area (Å²) in [6.45, 7) is 1.81. The lowest BCUT2D eigenvalue weighted by Gasteiger charge is -2.02. The third-order valence-electron chi connectivity index (χ3n) is 1.99. The molecule has 2 aromatic heterocycles. The van der Waals surface area contributed by atoms with Gasteiger partial charge in [0.05, 0.1) is 11.8 Å². The van der Waals surface area contributed by atoms with Gasteiger partial charge in [-0.1, -0.05) is 11.6 Å². The molecule has 0 aliphatic rings. The van der Waals surface area contributed by atoms with Gasteiger partial charge in [0.2, 0.25) is 0 Å². The van der Waals surface area contributed by atoms with E-state index in [2.05, 4.69) is 9.97 Å². The van der Waals surface area contributed by atoms with E-state index in [0.717, 1.165) is 5.69 Å². The average molecular weight is 210 g/mol. The summed E-state index contributed by atoms with van der Waals surface area (Å²) in [7, 11) is 1.63. The van der Waals surface area contributed by atoms with E-state index in [1.54, 1.807) is 13.1 Å². The number of aryl methyl sites for hydroxylation is 2. The lowest BCUT2D eigenvalue weighted by Crippen LogP contribution is -2.17. The Morgan fingerprint density at radius 1 is 1.50 bits per heavy atom. The van der Waals surface area contributed by atoms with E-state index < -0.39 is 0 Å². The summed E-state index contributed by atoms with van der Waals surface area (Å²) >= 11 is 5.88. The van der Waals surface area contributed by atoms with E-state index in [1.807, 2.05) is 6.92 Å². The molecule has 0 N–H and O–H groups in total. The van der Waals surface area contributed by atoms with E-state index >= 15 is 0 Å². The molecule has 0 aromatic carbocycles. The van der Waals surface area contributed by atoms with Crippen molar-refractivity contribution in [1.82, 2.24) is 14.5 Å². The molecule has 14 heavy (non-hydrogen) atoms. The van der Waals surface area contributed by atoms with Crippen LogP contribution in [0.4, 0.5) is 0 Å². The summed E-state index contributed by atoms with van der Waals surface area (Å²) in [5.41, 5.74) is 1.17. The Kier molecular flexibility index (Phi) is 2.00. The molecule has 2 aromatic rings. The Bertz CT molecular complexity index is 562. The number of hydrogen-bond donors (Lipinski definition) is 0. The topological polar surface area (TPSA) is 47.8 Å². The van der Waals surface area contributed by atoms with E-state index in [-0.39, 0.29) is 10.7 Å². The molecule has 0 saturated heterocycles. The number of nitrogens with zero attached hydrogens (tertiary/aromatic N) is 3.